The van der Waals surface area contributed by atoms with Crippen LogP contribution in [-0.4, -0.2) is 71.0 Å². The van der Waals surface area contributed by atoms with Crippen LogP contribution < -0.4 is 5.32 Å². The molecule has 0 radical (unpaired) electrons. The SMILES string of the molecule is Cc1nc(NC(=O)C(=O)N2CCN(CCO)CC2)sc1C. The minimum Gasteiger partial charge on any atom is -0.395 e. The summed E-state index contributed by atoms with van der Waals surface area (Å²) in [4.78, 5) is 32.9. The molecule has 1 aliphatic heterocycles. The molecule has 1 fully saturated rings. The van der Waals surface area contributed by atoms with Crippen molar-refractivity contribution >= 4 is 28.3 Å². The molecule has 8 heteroatoms. The highest BCUT2D eigenvalue weighted by atomic mass is 32.1. The molecular formula is C13H20N4O3S. The van der Waals surface area contributed by atoms with Crippen LogP contribution in [0.3, 0.4) is 0 Å². The minimum atomic E-state index is -0.639. The number of β-amino-alcohol motifs (C(OH)–C–C–N with tert-alkyl or cyclic N) is 1. The fourth-order valence-electron chi connectivity index (χ4n) is 2.14. The summed E-state index contributed by atoms with van der Waals surface area (Å²) >= 11 is 1.36. The number of nitrogens with one attached hydrogen (secondary N) is 1. The first-order valence-electron chi connectivity index (χ1n) is 6.88. The van der Waals surface area contributed by atoms with Crippen molar-refractivity contribution in [2.75, 3.05) is 44.6 Å². The van der Waals surface area contributed by atoms with Crippen molar-refractivity contribution in [1.29, 1.82) is 0 Å². The topological polar surface area (TPSA) is 85.8 Å². The highest BCUT2D eigenvalue weighted by Gasteiger charge is 2.26. The van der Waals surface area contributed by atoms with E-state index in [1.165, 1.54) is 16.2 Å². The molecule has 2 heterocycles. The molecule has 116 valence electrons. The Balaban J connectivity index is 1.87. The number of carbonyl (C=O) groups excluding carboxylic acids is 2. The zero-order valence-electron chi connectivity index (χ0n) is 12.3. The number of hydrogen-bond donors (Lipinski definition) is 2. The Bertz CT molecular complexity index is 504. The smallest absolute Gasteiger partial charge is 0.315 e. The molecule has 2 rings (SSSR count). The maximum absolute atomic E-state index is 12.1. The number of aryl methyl sites for hydroxylation is 2. The van der Waals surface area contributed by atoms with Gasteiger partial charge in [-0.25, -0.2) is 4.98 Å². The third-order valence-electron chi connectivity index (χ3n) is 3.52. The summed E-state index contributed by atoms with van der Waals surface area (Å²) in [5.41, 5.74) is 0.861. The molecule has 0 unspecified atom stereocenters. The average Bonchev–Trinajstić information content (AvgIpc) is 2.77. The van der Waals surface area contributed by atoms with Gasteiger partial charge in [0.1, 0.15) is 0 Å². The van der Waals surface area contributed by atoms with Gasteiger partial charge >= 0.3 is 11.8 Å². The molecule has 2 amide bonds. The molecule has 0 bridgehead atoms. The molecule has 1 aliphatic rings. The van der Waals surface area contributed by atoms with E-state index in [0.29, 0.717) is 37.9 Å². The number of rotatable bonds is 3. The summed E-state index contributed by atoms with van der Waals surface area (Å²) in [7, 11) is 0. The van der Waals surface area contributed by atoms with Crippen LogP contribution in [0.15, 0.2) is 0 Å². The third kappa shape index (κ3) is 3.99. The number of amides is 2. The predicted octanol–water partition coefficient (Wildman–Crippen LogP) is -0.165. The van der Waals surface area contributed by atoms with Gasteiger partial charge in [0.05, 0.1) is 12.3 Å². The molecule has 0 aliphatic carbocycles. The molecule has 21 heavy (non-hydrogen) atoms. The second kappa shape index (κ2) is 6.97. The predicted molar refractivity (Wildman–Crippen MR) is 80.3 cm³/mol. The Kier molecular flexibility index (Phi) is 5.27. The Morgan fingerprint density at radius 3 is 2.48 bits per heavy atom. The summed E-state index contributed by atoms with van der Waals surface area (Å²) < 4.78 is 0. The number of aliphatic hydroxyl groups is 1. The molecule has 0 atom stereocenters. The number of anilines is 1. The van der Waals surface area contributed by atoms with Crippen molar-refractivity contribution in [3.05, 3.63) is 10.6 Å². The Morgan fingerprint density at radius 1 is 1.29 bits per heavy atom. The lowest BCUT2D eigenvalue weighted by Crippen LogP contribution is -2.52. The van der Waals surface area contributed by atoms with Gasteiger partial charge in [0.2, 0.25) is 0 Å². The summed E-state index contributed by atoms with van der Waals surface area (Å²) in [6, 6.07) is 0. The maximum Gasteiger partial charge on any atom is 0.315 e. The van der Waals surface area contributed by atoms with Crippen LogP contribution in [0.5, 0.6) is 0 Å². The van der Waals surface area contributed by atoms with Gasteiger partial charge in [-0.05, 0) is 13.8 Å². The molecule has 7 nitrogen and oxygen atoms in total. The van der Waals surface area contributed by atoms with Gasteiger partial charge in [0.15, 0.2) is 5.13 Å². The van der Waals surface area contributed by atoms with Crippen molar-refractivity contribution in [3.8, 4) is 0 Å². The van der Waals surface area contributed by atoms with Crippen LogP contribution >= 0.6 is 11.3 Å². The lowest BCUT2D eigenvalue weighted by atomic mass is 10.3. The van der Waals surface area contributed by atoms with E-state index in [1.54, 1.807) is 0 Å². The van der Waals surface area contributed by atoms with Crippen LogP contribution in [-0.2, 0) is 9.59 Å². The largest absolute Gasteiger partial charge is 0.395 e. The van der Waals surface area contributed by atoms with Crippen molar-refractivity contribution in [2.24, 2.45) is 0 Å². The van der Waals surface area contributed by atoms with E-state index in [4.69, 9.17) is 5.11 Å². The van der Waals surface area contributed by atoms with E-state index in [1.807, 2.05) is 13.8 Å². The van der Waals surface area contributed by atoms with E-state index in [9.17, 15) is 9.59 Å². The zero-order chi connectivity index (χ0) is 15.4. The Hall–Kier alpha value is -1.51. The Morgan fingerprint density at radius 2 is 1.95 bits per heavy atom. The second-order valence-corrected chi connectivity index (χ2v) is 6.18. The number of aromatic nitrogens is 1. The van der Waals surface area contributed by atoms with Crippen molar-refractivity contribution < 1.29 is 14.7 Å². The van der Waals surface area contributed by atoms with Gasteiger partial charge < -0.3 is 10.0 Å². The van der Waals surface area contributed by atoms with E-state index < -0.39 is 11.8 Å². The molecule has 1 saturated heterocycles. The molecule has 0 saturated carbocycles. The fourth-order valence-corrected chi connectivity index (χ4v) is 2.95. The normalized spacial score (nSPS) is 16.0. The number of nitrogens with zero attached hydrogens (tertiary/aromatic N) is 3. The van der Waals surface area contributed by atoms with Crippen LogP contribution in [0.1, 0.15) is 10.6 Å². The summed E-state index contributed by atoms with van der Waals surface area (Å²) in [6.07, 6.45) is 0. The first kappa shape index (κ1) is 15.9. The van der Waals surface area contributed by atoms with Crippen LogP contribution in [0.2, 0.25) is 0 Å². The molecular weight excluding hydrogens is 292 g/mol. The summed E-state index contributed by atoms with van der Waals surface area (Å²) in [6.45, 7) is 6.85. The molecule has 1 aromatic rings. The van der Waals surface area contributed by atoms with Gasteiger partial charge in [-0.3, -0.25) is 19.8 Å². The van der Waals surface area contributed by atoms with E-state index in [0.717, 1.165) is 10.6 Å². The van der Waals surface area contributed by atoms with Crippen molar-refractivity contribution in [2.45, 2.75) is 13.8 Å². The summed E-state index contributed by atoms with van der Waals surface area (Å²) in [5.74, 6) is -1.16. The zero-order valence-corrected chi connectivity index (χ0v) is 13.1. The molecule has 2 N–H and O–H groups in total. The van der Waals surface area contributed by atoms with Gasteiger partial charge in [0, 0.05) is 37.6 Å². The molecule has 0 spiro atoms. The van der Waals surface area contributed by atoms with E-state index in [2.05, 4.69) is 15.2 Å². The van der Waals surface area contributed by atoms with Gasteiger partial charge in [-0.15, -0.1) is 11.3 Å². The molecule has 0 aromatic carbocycles. The highest BCUT2D eigenvalue weighted by molar-refractivity contribution is 7.15. The summed E-state index contributed by atoms with van der Waals surface area (Å²) in [5, 5.41) is 11.9. The van der Waals surface area contributed by atoms with E-state index in [-0.39, 0.29) is 6.61 Å². The molecule has 1 aromatic heterocycles. The van der Waals surface area contributed by atoms with Crippen LogP contribution in [0.4, 0.5) is 5.13 Å². The lowest BCUT2D eigenvalue weighted by Gasteiger charge is -2.33. The number of piperazine rings is 1. The fraction of sp³-hybridized carbons (Fsp3) is 0.615. The minimum absolute atomic E-state index is 0.108. The van der Waals surface area contributed by atoms with Gasteiger partial charge in [-0.2, -0.15) is 0 Å². The third-order valence-corrected chi connectivity index (χ3v) is 4.51. The number of thiazole rings is 1. The highest BCUT2D eigenvalue weighted by Crippen LogP contribution is 2.21. The maximum atomic E-state index is 12.1. The van der Waals surface area contributed by atoms with E-state index >= 15 is 0 Å². The van der Waals surface area contributed by atoms with Gasteiger partial charge in [-0.1, -0.05) is 0 Å². The van der Waals surface area contributed by atoms with Crippen LogP contribution in [0, 0.1) is 13.8 Å². The second-order valence-electron chi connectivity index (χ2n) is 4.97. The van der Waals surface area contributed by atoms with Crippen molar-refractivity contribution in [1.82, 2.24) is 14.8 Å². The first-order chi connectivity index (χ1) is 10.0. The van der Waals surface area contributed by atoms with Gasteiger partial charge in [0.25, 0.3) is 0 Å². The average molecular weight is 312 g/mol. The number of hydrogen-bond acceptors (Lipinski definition) is 6. The quantitative estimate of drug-likeness (QED) is 0.757. The monoisotopic (exact) mass is 312 g/mol. The Labute approximate surface area is 127 Å². The number of carbonyl (C=O) groups is 2. The van der Waals surface area contributed by atoms with Crippen molar-refractivity contribution in [3.63, 3.8) is 0 Å². The first-order valence-corrected chi connectivity index (χ1v) is 7.70. The number of aliphatic hydroxyl groups excluding tert-OH is 1. The lowest BCUT2D eigenvalue weighted by molar-refractivity contribution is -0.144. The van der Waals surface area contributed by atoms with Crippen LogP contribution in [0.25, 0.3) is 0 Å². The standard InChI is InChI=1S/C13H20N4O3S/c1-9-10(2)21-13(14-9)15-11(19)12(20)17-5-3-16(4-6-17)7-8-18/h18H,3-8H2,1-2H3,(H,14,15,19).